The molecule has 0 saturated carbocycles. The second kappa shape index (κ2) is 7.93. The Labute approximate surface area is 111 Å². The Morgan fingerprint density at radius 1 is 1.11 bits per heavy atom. The molecule has 1 aromatic rings. The van der Waals surface area contributed by atoms with Gasteiger partial charge >= 0.3 is 0 Å². The average molecular weight is 247 g/mol. The first-order valence-corrected chi connectivity index (χ1v) is 6.72. The summed E-state index contributed by atoms with van der Waals surface area (Å²) in [5, 5.41) is 3.38. The van der Waals surface area contributed by atoms with Crippen LogP contribution >= 0.6 is 0 Å². The highest BCUT2D eigenvalue weighted by atomic mass is 16.5. The molecule has 0 aliphatic rings. The van der Waals surface area contributed by atoms with Crippen LogP contribution in [-0.4, -0.2) is 19.2 Å². The van der Waals surface area contributed by atoms with E-state index in [1.165, 1.54) is 5.56 Å². The molecule has 2 nitrogen and oxygen atoms in total. The third-order valence-electron chi connectivity index (χ3n) is 2.38. The van der Waals surface area contributed by atoms with Crippen LogP contribution in [0.2, 0.25) is 0 Å². The Hall–Kier alpha value is -1.28. The summed E-state index contributed by atoms with van der Waals surface area (Å²) in [6.45, 7) is 10.5. The first kappa shape index (κ1) is 14.8. The number of hydrogen-bond acceptors (Lipinski definition) is 2. The largest absolute Gasteiger partial charge is 0.491 e. The van der Waals surface area contributed by atoms with E-state index in [9.17, 15) is 0 Å². The second-order valence-corrected chi connectivity index (χ2v) is 5.19. The molecule has 1 N–H and O–H groups in total. The van der Waals surface area contributed by atoms with Gasteiger partial charge in [0.05, 0.1) is 6.10 Å². The molecule has 0 spiro atoms. The van der Waals surface area contributed by atoms with Crippen molar-refractivity contribution in [2.75, 3.05) is 13.1 Å². The summed E-state index contributed by atoms with van der Waals surface area (Å²) in [5.41, 5.74) is 1.21. The van der Waals surface area contributed by atoms with Crippen LogP contribution in [0, 0.1) is 5.92 Å². The Morgan fingerprint density at radius 2 is 1.78 bits per heavy atom. The van der Waals surface area contributed by atoms with Crippen molar-refractivity contribution in [1.29, 1.82) is 0 Å². The summed E-state index contributed by atoms with van der Waals surface area (Å²) in [4.78, 5) is 0. The molecule has 0 saturated heterocycles. The molecule has 0 fully saturated rings. The summed E-state index contributed by atoms with van der Waals surface area (Å²) >= 11 is 0. The number of rotatable bonds is 7. The predicted octanol–water partition coefficient (Wildman–Crippen LogP) is 3.73. The second-order valence-electron chi connectivity index (χ2n) is 5.19. The third kappa shape index (κ3) is 6.45. The minimum Gasteiger partial charge on any atom is -0.491 e. The molecule has 0 atom stereocenters. The van der Waals surface area contributed by atoms with Gasteiger partial charge in [-0.15, -0.1) is 0 Å². The van der Waals surface area contributed by atoms with Crippen LogP contribution in [0.3, 0.4) is 0 Å². The summed E-state index contributed by atoms with van der Waals surface area (Å²) < 4.78 is 5.60. The highest BCUT2D eigenvalue weighted by Gasteiger charge is 1.96. The zero-order valence-corrected chi connectivity index (χ0v) is 11.9. The van der Waals surface area contributed by atoms with E-state index < -0.39 is 0 Å². The van der Waals surface area contributed by atoms with E-state index in [1.807, 2.05) is 26.0 Å². The average Bonchev–Trinajstić information content (AvgIpc) is 2.30. The van der Waals surface area contributed by atoms with Gasteiger partial charge in [0, 0.05) is 6.54 Å². The Morgan fingerprint density at radius 3 is 2.33 bits per heavy atom. The SMILES string of the molecule is CC(C)CNCC=Cc1ccc(OC(C)C)cc1. The monoisotopic (exact) mass is 247 g/mol. The van der Waals surface area contributed by atoms with Gasteiger partial charge in [-0.2, -0.15) is 0 Å². The summed E-state index contributed by atoms with van der Waals surface area (Å²) in [5.74, 6) is 1.63. The molecular formula is C16H25NO. The van der Waals surface area contributed by atoms with Crippen molar-refractivity contribution >= 4 is 6.08 Å². The van der Waals surface area contributed by atoms with Crippen molar-refractivity contribution < 1.29 is 4.74 Å². The number of benzene rings is 1. The summed E-state index contributed by atoms with van der Waals surface area (Å²) in [6, 6.07) is 8.19. The lowest BCUT2D eigenvalue weighted by Crippen LogP contribution is -2.19. The fourth-order valence-electron chi connectivity index (χ4n) is 1.58. The standard InChI is InChI=1S/C16H25NO/c1-13(2)12-17-11-5-6-15-7-9-16(10-8-15)18-14(3)4/h5-10,13-14,17H,11-12H2,1-4H3. The van der Waals surface area contributed by atoms with Gasteiger partial charge < -0.3 is 10.1 Å². The Kier molecular flexibility index (Phi) is 6.51. The lowest BCUT2D eigenvalue weighted by Gasteiger charge is -2.09. The molecule has 0 aliphatic heterocycles. The van der Waals surface area contributed by atoms with Gasteiger partial charge in [-0.25, -0.2) is 0 Å². The molecule has 0 heterocycles. The minimum absolute atomic E-state index is 0.228. The van der Waals surface area contributed by atoms with E-state index in [1.54, 1.807) is 0 Å². The Balaban J connectivity index is 2.36. The smallest absolute Gasteiger partial charge is 0.119 e. The van der Waals surface area contributed by atoms with E-state index in [0.717, 1.165) is 18.8 Å². The topological polar surface area (TPSA) is 21.3 Å². The van der Waals surface area contributed by atoms with Crippen molar-refractivity contribution in [3.63, 3.8) is 0 Å². The van der Waals surface area contributed by atoms with Crippen molar-refractivity contribution in [1.82, 2.24) is 5.32 Å². The van der Waals surface area contributed by atoms with Crippen molar-refractivity contribution in [2.45, 2.75) is 33.8 Å². The molecule has 100 valence electrons. The van der Waals surface area contributed by atoms with E-state index in [2.05, 4.69) is 43.4 Å². The van der Waals surface area contributed by atoms with Gasteiger partial charge in [0.15, 0.2) is 0 Å². The molecule has 1 rings (SSSR count). The fourth-order valence-corrected chi connectivity index (χ4v) is 1.58. The zero-order chi connectivity index (χ0) is 13.4. The van der Waals surface area contributed by atoms with E-state index in [4.69, 9.17) is 4.74 Å². The number of ether oxygens (including phenoxy) is 1. The third-order valence-corrected chi connectivity index (χ3v) is 2.38. The van der Waals surface area contributed by atoms with Crippen LogP contribution in [0.4, 0.5) is 0 Å². The van der Waals surface area contributed by atoms with Crippen LogP contribution in [0.5, 0.6) is 5.75 Å². The van der Waals surface area contributed by atoms with Crippen LogP contribution in [0.15, 0.2) is 30.3 Å². The minimum atomic E-state index is 0.228. The fraction of sp³-hybridized carbons (Fsp3) is 0.500. The Bertz CT molecular complexity index is 352. The zero-order valence-electron chi connectivity index (χ0n) is 11.9. The quantitative estimate of drug-likeness (QED) is 0.741. The molecule has 2 heteroatoms. The predicted molar refractivity (Wildman–Crippen MR) is 78.9 cm³/mol. The molecule has 18 heavy (non-hydrogen) atoms. The molecule has 0 unspecified atom stereocenters. The first-order chi connectivity index (χ1) is 8.58. The molecular weight excluding hydrogens is 222 g/mol. The maximum absolute atomic E-state index is 5.60. The maximum atomic E-state index is 5.60. The van der Waals surface area contributed by atoms with Gasteiger partial charge in [0.1, 0.15) is 5.75 Å². The van der Waals surface area contributed by atoms with E-state index >= 15 is 0 Å². The van der Waals surface area contributed by atoms with E-state index in [-0.39, 0.29) is 6.10 Å². The molecule has 0 aliphatic carbocycles. The van der Waals surface area contributed by atoms with Crippen LogP contribution < -0.4 is 10.1 Å². The summed E-state index contributed by atoms with van der Waals surface area (Å²) in [7, 11) is 0. The van der Waals surface area contributed by atoms with Crippen LogP contribution in [0.25, 0.3) is 6.08 Å². The van der Waals surface area contributed by atoms with Crippen LogP contribution in [0.1, 0.15) is 33.3 Å². The summed E-state index contributed by atoms with van der Waals surface area (Å²) in [6.07, 6.45) is 4.51. The molecule has 0 radical (unpaired) electrons. The highest BCUT2D eigenvalue weighted by Crippen LogP contribution is 2.14. The lowest BCUT2D eigenvalue weighted by molar-refractivity contribution is 0.242. The normalized spacial score (nSPS) is 11.7. The van der Waals surface area contributed by atoms with Crippen molar-refractivity contribution in [3.05, 3.63) is 35.9 Å². The van der Waals surface area contributed by atoms with Gasteiger partial charge in [-0.05, 0) is 44.0 Å². The maximum Gasteiger partial charge on any atom is 0.119 e. The number of hydrogen-bond donors (Lipinski definition) is 1. The first-order valence-electron chi connectivity index (χ1n) is 6.72. The van der Waals surface area contributed by atoms with E-state index in [0.29, 0.717) is 5.92 Å². The number of nitrogens with one attached hydrogen (secondary N) is 1. The van der Waals surface area contributed by atoms with Gasteiger partial charge in [0.25, 0.3) is 0 Å². The molecule has 0 amide bonds. The van der Waals surface area contributed by atoms with Crippen LogP contribution in [-0.2, 0) is 0 Å². The van der Waals surface area contributed by atoms with Gasteiger partial charge in [-0.3, -0.25) is 0 Å². The lowest BCUT2D eigenvalue weighted by atomic mass is 10.2. The van der Waals surface area contributed by atoms with Gasteiger partial charge in [-0.1, -0.05) is 38.1 Å². The molecule has 0 aromatic heterocycles. The molecule has 0 bridgehead atoms. The highest BCUT2D eigenvalue weighted by molar-refractivity contribution is 5.50. The van der Waals surface area contributed by atoms with Crippen molar-refractivity contribution in [3.8, 4) is 5.75 Å². The molecule has 1 aromatic carbocycles. The van der Waals surface area contributed by atoms with Crippen molar-refractivity contribution in [2.24, 2.45) is 5.92 Å². The van der Waals surface area contributed by atoms with Gasteiger partial charge in [0.2, 0.25) is 0 Å².